The number of benzene rings is 1. The van der Waals surface area contributed by atoms with Crippen LogP contribution in [0, 0.1) is 0 Å². The first-order valence-electron chi connectivity index (χ1n) is 6.83. The van der Waals surface area contributed by atoms with E-state index in [1.54, 1.807) is 14.2 Å². The quantitative estimate of drug-likeness (QED) is 0.882. The molecule has 1 heterocycles. The first kappa shape index (κ1) is 15.3. The summed E-state index contributed by atoms with van der Waals surface area (Å²) in [7, 11) is 3.19. The molecule has 2 aromatic rings. The average Bonchev–Trinajstić information content (AvgIpc) is 2.97. The molecule has 0 saturated carbocycles. The highest BCUT2D eigenvalue weighted by atomic mass is 16.5. The number of methoxy groups -OCH3 is 2. The first-order chi connectivity index (χ1) is 10.0. The molecule has 114 valence electrons. The smallest absolute Gasteiger partial charge is 0.246 e. The molecule has 0 amide bonds. The zero-order valence-electron chi connectivity index (χ0n) is 13.1. The molecule has 0 radical (unpaired) electrons. The lowest BCUT2D eigenvalue weighted by Crippen LogP contribution is -2.36. The van der Waals surface area contributed by atoms with Crippen LogP contribution in [0.4, 0.5) is 0 Å². The van der Waals surface area contributed by atoms with E-state index in [4.69, 9.17) is 14.0 Å². The molecule has 2 rings (SSSR count). The van der Waals surface area contributed by atoms with Crippen molar-refractivity contribution in [2.75, 3.05) is 20.8 Å². The molecule has 1 aromatic heterocycles. The maximum Gasteiger partial charge on any atom is 0.246 e. The lowest BCUT2D eigenvalue weighted by Gasteiger charge is -2.20. The summed E-state index contributed by atoms with van der Waals surface area (Å²) in [6, 6.07) is 5.52. The van der Waals surface area contributed by atoms with Crippen molar-refractivity contribution >= 4 is 0 Å². The normalized spacial score (nSPS) is 11.5. The van der Waals surface area contributed by atoms with E-state index in [0.717, 1.165) is 12.1 Å². The van der Waals surface area contributed by atoms with E-state index in [-0.39, 0.29) is 5.54 Å². The summed E-state index contributed by atoms with van der Waals surface area (Å²) in [6.45, 7) is 6.86. The van der Waals surface area contributed by atoms with Gasteiger partial charge in [-0.05, 0) is 38.6 Å². The van der Waals surface area contributed by atoms with E-state index in [1.807, 2.05) is 39.0 Å². The van der Waals surface area contributed by atoms with Crippen molar-refractivity contribution in [3.8, 4) is 22.9 Å². The number of hydrogen-bond donors (Lipinski definition) is 1. The van der Waals surface area contributed by atoms with E-state index in [1.165, 1.54) is 0 Å². The SMILES string of the molecule is CCNC(C)(C)c1nc(-c2ccc(OC)c(OC)c2)no1. The van der Waals surface area contributed by atoms with Crippen LogP contribution in [0.5, 0.6) is 11.5 Å². The molecule has 0 aliphatic rings. The van der Waals surface area contributed by atoms with Crippen molar-refractivity contribution in [2.24, 2.45) is 0 Å². The molecular formula is C15H21N3O3. The molecule has 0 spiro atoms. The van der Waals surface area contributed by atoms with Crippen LogP contribution in [-0.4, -0.2) is 30.9 Å². The Labute approximate surface area is 124 Å². The summed E-state index contributed by atoms with van der Waals surface area (Å²) >= 11 is 0. The largest absolute Gasteiger partial charge is 0.493 e. The zero-order valence-corrected chi connectivity index (χ0v) is 13.1. The first-order valence-corrected chi connectivity index (χ1v) is 6.83. The molecule has 0 atom stereocenters. The Kier molecular flexibility index (Phi) is 4.47. The van der Waals surface area contributed by atoms with Gasteiger partial charge in [0.1, 0.15) is 0 Å². The molecule has 21 heavy (non-hydrogen) atoms. The Balaban J connectivity index is 2.33. The highest BCUT2D eigenvalue weighted by molar-refractivity contribution is 5.60. The second-order valence-electron chi connectivity index (χ2n) is 5.15. The number of nitrogens with zero attached hydrogens (tertiary/aromatic N) is 2. The fourth-order valence-corrected chi connectivity index (χ4v) is 2.09. The standard InChI is InChI=1S/C15H21N3O3/c1-6-16-15(2,3)14-17-13(18-21-14)10-7-8-11(19-4)12(9-10)20-5/h7-9,16H,6H2,1-5H3. The number of rotatable bonds is 6. The second kappa shape index (κ2) is 6.13. The van der Waals surface area contributed by atoms with E-state index in [2.05, 4.69) is 15.5 Å². The maximum absolute atomic E-state index is 5.37. The fourth-order valence-electron chi connectivity index (χ4n) is 2.09. The topological polar surface area (TPSA) is 69.4 Å². The summed E-state index contributed by atoms with van der Waals surface area (Å²) < 4.78 is 15.9. The molecule has 0 aliphatic carbocycles. The van der Waals surface area contributed by atoms with Gasteiger partial charge in [-0.15, -0.1) is 0 Å². The Hall–Kier alpha value is -2.08. The average molecular weight is 291 g/mol. The van der Waals surface area contributed by atoms with Crippen LogP contribution in [0.2, 0.25) is 0 Å². The Bertz CT molecular complexity index is 608. The van der Waals surface area contributed by atoms with Crippen molar-refractivity contribution in [1.29, 1.82) is 0 Å². The Morgan fingerprint density at radius 1 is 1.19 bits per heavy atom. The van der Waals surface area contributed by atoms with Crippen LogP contribution in [0.3, 0.4) is 0 Å². The van der Waals surface area contributed by atoms with Gasteiger partial charge >= 0.3 is 0 Å². The fraction of sp³-hybridized carbons (Fsp3) is 0.467. The van der Waals surface area contributed by atoms with E-state index < -0.39 is 0 Å². The van der Waals surface area contributed by atoms with Crippen LogP contribution in [0.1, 0.15) is 26.7 Å². The van der Waals surface area contributed by atoms with Gasteiger partial charge in [0.15, 0.2) is 11.5 Å². The maximum atomic E-state index is 5.37. The predicted octanol–water partition coefficient (Wildman–Crippen LogP) is 2.60. The molecule has 0 bridgehead atoms. The third-order valence-electron chi connectivity index (χ3n) is 3.22. The molecule has 0 fully saturated rings. The Morgan fingerprint density at radius 3 is 2.52 bits per heavy atom. The van der Waals surface area contributed by atoms with Gasteiger partial charge in [0.2, 0.25) is 11.7 Å². The number of hydrogen-bond acceptors (Lipinski definition) is 6. The minimum atomic E-state index is -0.365. The molecule has 1 aromatic carbocycles. The van der Waals surface area contributed by atoms with E-state index in [9.17, 15) is 0 Å². The number of aromatic nitrogens is 2. The predicted molar refractivity (Wildman–Crippen MR) is 79.5 cm³/mol. The van der Waals surface area contributed by atoms with Gasteiger partial charge in [0, 0.05) is 5.56 Å². The van der Waals surface area contributed by atoms with E-state index >= 15 is 0 Å². The number of ether oxygens (including phenoxy) is 2. The zero-order chi connectivity index (χ0) is 15.5. The summed E-state index contributed by atoms with van der Waals surface area (Å²) in [5.74, 6) is 2.37. The van der Waals surface area contributed by atoms with E-state index in [0.29, 0.717) is 23.2 Å². The molecule has 6 heteroatoms. The molecule has 0 aliphatic heterocycles. The van der Waals surface area contributed by atoms with Gasteiger partial charge in [-0.1, -0.05) is 12.1 Å². The van der Waals surface area contributed by atoms with Crippen molar-refractivity contribution in [1.82, 2.24) is 15.5 Å². The molecule has 1 N–H and O–H groups in total. The third kappa shape index (κ3) is 3.16. The summed E-state index contributed by atoms with van der Waals surface area (Å²) in [4.78, 5) is 4.47. The van der Waals surface area contributed by atoms with Gasteiger partial charge in [0.05, 0.1) is 19.8 Å². The second-order valence-corrected chi connectivity index (χ2v) is 5.15. The highest BCUT2D eigenvalue weighted by Crippen LogP contribution is 2.31. The van der Waals surface area contributed by atoms with Gasteiger partial charge in [0.25, 0.3) is 0 Å². The van der Waals surface area contributed by atoms with Crippen molar-refractivity contribution < 1.29 is 14.0 Å². The summed E-state index contributed by atoms with van der Waals surface area (Å²) in [5, 5.41) is 7.35. The van der Waals surface area contributed by atoms with Gasteiger partial charge in [-0.3, -0.25) is 0 Å². The van der Waals surface area contributed by atoms with Gasteiger partial charge < -0.3 is 19.3 Å². The van der Waals surface area contributed by atoms with Crippen LogP contribution in [-0.2, 0) is 5.54 Å². The van der Waals surface area contributed by atoms with Crippen LogP contribution < -0.4 is 14.8 Å². The van der Waals surface area contributed by atoms with Crippen molar-refractivity contribution in [2.45, 2.75) is 26.3 Å². The third-order valence-corrected chi connectivity index (χ3v) is 3.22. The molecule has 0 unspecified atom stereocenters. The lowest BCUT2D eigenvalue weighted by atomic mass is 10.1. The molecule has 0 saturated heterocycles. The monoisotopic (exact) mass is 291 g/mol. The summed E-state index contributed by atoms with van der Waals surface area (Å²) in [5.41, 5.74) is 0.450. The molecule has 6 nitrogen and oxygen atoms in total. The number of nitrogens with one attached hydrogen (secondary N) is 1. The van der Waals surface area contributed by atoms with Crippen LogP contribution in [0.25, 0.3) is 11.4 Å². The minimum absolute atomic E-state index is 0.365. The van der Waals surface area contributed by atoms with Crippen LogP contribution >= 0.6 is 0 Å². The highest BCUT2D eigenvalue weighted by Gasteiger charge is 2.26. The van der Waals surface area contributed by atoms with Crippen molar-refractivity contribution in [3.05, 3.63) is 24.1 Å². The van der Waals surface area contributed by atoms with Gasteiger partial charge in [-0.2, -0.15) is 4.98 Å². The minimum Gasteiger partial charge on any atom is -0.493 e. The van der Waals surface area contributed by atoms with Crippen molar-refractivity contribution in [3.63, 3.8) is 0 Å². The molecular weight excluding hydrogens is 270 g/mol. The van der Waals surface area contributed by atoms with Crippen LogP contribution in [0.15, 0.2) is 22.7 Å². The summed E-state index contributed by atoms with van der Waals surface area (Å²) in [6.07, 6.45) is 0. The Morgan fingerprint density at radius 2 is 1.90 bits per heavy atom. The van der Waals surface area contributed by atoms with Gasteiger partial charge in [-0.25, -0.2) is 0 Å². The lowest BCUT2D eigenvalue weighted by molar-refractivity contribution is 0.272.